The van der Waals surface area contributed by atoms with Crippen LogP contribution >= 0.6 is 0 Å². The maximum Gasteiger partial charge on any atom is 0.140 e. The highest BCUT2D eigenvalue weighted by atomic mass is 16.5. The van der Waals surface area contributed by atoms with Crippen LogP contribution in [0.25, 0.3) is 0 Å². The minimum Gasteiger partial charge on any atom is -0.407 e. The highest BCUT2D eigenvalue weighted by molar-refractivity contribution is 5.22. The van der Waals surface area contributed by atoms with Crippen LogP contribution in [-0.4, -0.2) is 0 Å². The average Bonchev–Trinajstić information content (AvgIpc) is 1.91. The molecule has 0 saturated heterocycles. The molecule has 9 heavy (non-hydrogen) atoms. The molecule has 0 aromatic heterocycles. The van der Waals surface area contributed by atoms with Gasteiger partial charge < -0.3 is 4.74 Å². The lowest BCUT2D eigenvalue weighted by Crippen LogP contribution is -1.78. The van der Waals surface area contributed by atoms with Crippen molar-refractivity contribution >= 4 is 0 Å². The molecule has 1 aromatic rings. The normalized spacial score (nSPS) is 7.89. The number of hydrogen-bond acceptors (Lipinski definition) is 1. The summed E-state index contributed by atoms with van der Waals surface area (Å²) in [6, 6.07) is 9.10. The fourth-order valence-corrected chi connectivity index (χ4v) is 0.547. The molecule has 43 valence electrons. The Morgan fingerprint density at radius 3 is 2.44 bits per heavy atom. The van der Waals surface area contributed by atoms with Gasteiger partial charge in [-0.2, -0.15) is 0 Å². The Morgan fingerprint density at radius 1 is 1.22 bits per heavy atom. The van der Waals surface area contributed by atoms with Crippen molar-refractivity contribution in [1.29, 1.82) is 0 Å². The van der Waals surface area contributed by atoms with Crippen molar-refractivity contribution in [1.82, 2.24) is 0 Å². The molecule has 0 atom stereocenters. The fraction of sp³-hybridized carbons (Fsp3) is 0. The van der Waals surface area contributed by atoms with Crippen molar-refractivity contribution in [2.75, 3.05) is 0 Å². The van der Waals surface area contributed by atoms with Gasteiger partial charge in [0.15, 0.2) is 0 Å². The molecular weight excluding hydrogens is 112 g/mol. The third-order valence-corrected chi connectivity index (χ3v) is 0.912. The van der Waals surface area contributed by atoms with Crippen LogP contribution in [0.1, 0.15) is 0 Å². The van der Waals surface area contributed by atoms with Gasteiger partial charge in [0.05, 0.1) is 0 Å². The molecule has 0 bridgehead atoms. The Morgan fingerprint density at radius 2 is 1.89 bits per heavy atom. The van der Waals surface area contributed by atoms with E-state index in [1.54, 1.807) is 12.1 Å². The highest BCUT2D eigenvalue weighted by Gasteiger charge is 1.83. The van der Waals surface area contributed by atoms with E-state index in [4.69, 9.17) is 6.42 Å². The zero-order valence-corrected chi connectivity index (χ0v) is 4.79. The number of rotatable bonds is 1. The van der Waals surface area contributed by atoms with Crippen LogP contribution in [0.3, 0.4) is 0 Å². The van der Waals surface area contributed by atoms with E-state index >= 15 is 0 Å². The van der Waals surface area contributed by atoms with Crippen LogP contribution in [0.4, 0.5) is 0 Å². The van der Waals surface area contributed by atoms with E-state index < -0.39 is 0 Å². The molecule has 1 rings (SSSR count). The summed E-state index contributed by atoms with van der Waals surface area (Å²) in [7, 11) is 0. The van der Waals surface area contributed by atoms with Crippen molar-refractivity contribution < 1.29 is 4.74 Å². The standard InChI is InChI=1S/C8H5O/c1-2-9-8-6-4-3-5-7-8/h3-7H. The third kappa shape index (κ3) is 1.50. The van der Waals surface area contributed by atoms with Crippen LogP contribution < -0.4 is 4.74 Å². The third-order valence-electron chi connectivity index (χ3n) is 0.912. The summed E-state index contributed by atoms with van der Waals surface area (Å²) in [5.41, 5.74) is 0. The van der Waals surface area contributed by atoms with E-state index in [9.17, 15) is 0 Å². The molecular formula is C8H5O. The summed E-state index contributed by atoms with van der Waals surface area (Å²) in [6.45, 7) is 0. The predicted octanol–water partition coefficient (Wildman–Crippen LogP) is 1.61. The summed E-state index contributed by atoms with van der Waals surface area (Å²) >= 11 is 0. The van der Waals surface area contributed by atoms with Crippen LogP contribution in [0.15, 0.2) is 30.3 Å². The minimum atomic E-state index is 0.646. The van der Waals surface area contributed by atoms with Gasteiger partial charge in [0, 0.05) is 6.42 Å². The van der Waals surface area contributed by atoms with E-state index in [0.29, 0.717) is 5.75 Å². The highest BCUT2D eigenvalue weighted by Crippen LogP contribution is 2.06. The van der Waals surface area contributed by atoms with Gasteiger partial charge in [0.1, 0.15) is 11.9 Å². The van der Waals surface area contributed by atoms with E-state index in [0.717, 1.165) is 0 Å². The molecule has 1 heteroatoms. The van der Waals surface area contributed by atoms with Gasteiger partial charge in [0.2, 0.25) is 0 Å². The van der Waals surface area contributed by atoms with Gasteiger partial charge in [-0.05, 0) is 12.1 Å². The second-order valence-electron chi connectivity index (χ2n) is 1.52. The molecule has 0 aliphatic rings. The average molecular weight is 117 g/mol. The Kier molecular flexibility index (Phi) is 1.77. The number of ether oxygens (including phenoxy) is 1. The lowest BCUT2D eigenvalue weighted by atomic mass is 10.3. The zero-order valence-electron chi connectivity index (χ0n) is 4.79. The SMILES string of the molecule is [C]#COc1ccccc1. The van der Waals surface area contributed by atoms with Crippen molar-refractivity contribution in [3.05, 3.63) is 36.8 Å². The van der Waals surface area contributed by atoms with Gasteiger partial charge in [-0.25, -0.2) is 0 Å². The number of para-hydroxylation sites is 1. The van der Waals surface area contributed by atoms with Crippen LogP contribution in [0, 0.1) is 12.5 Å². The minimum absolute atomic E-state index is 0.646. The molecule has 0 amide bonds. The molecule has 1 radical (unpaired) electrons. The molecule has 0 aliphatic heterocycles. The molecule has 0 spiro atoms. The Hall–Kier alpha value is -1.42. The maximum atomic E-state index is 6.47. The summed E-state index contributed by atoms with van der Waals surface area (Å²) in [5.74, 6) is 0.646. The lowest BCUT2D eigenvalue weighted by molar-refractivity contribution is 0.519. The van der Waals surface area contributed by atoms with Crippen molar-refractivity contribution in [2.24, 2.45) is 0 Å². The summed E-state index contributed by atoms with van der Waals surface area (Å²) in [6.07, 6.45) is 8.30. The Balaban J connectivity index is 2.76. The van der Waals surface area contributed by atoms with E-state index in [2.05, 4.69) is 4.74 Å². The molecule has 1 nitrogen and oxygen atoms in total. The zero-order chi connectivity index (χ0) is 6.53. The van der Waals surface area contributed by atoms with Crippen LogP contribution in [-0.2, 0) is 0 Å². The van der Waals surface area contributed by atoms with Crippen LogP contribution in [0.2, 0.25) is 0 Å². The summed E-state index contributed by atoms with van der Waals surface area (Å²) < 4.78 is 4.62. The van der Waals surface area contributed by atoms with Gasteiger partial charge in [-0.15, -0.1) is 0 Å². The van der Waals surface area contributed by atoms with E-state index in [-0.39, 0.29) is 0 Å². The van der Waals surface area contributed by atoms with Crippen molar-refractivity contribution in [3.63, 3.8) is 0 Å². The van der Waals surface area contributed by atoms with Gasteiger partial charge in [-0.1, -0.05) is 18.2 Å². The smallest absolute Gasteiger partial charge is 0.140 e. The lowest BCUT2D eigenvalue weighted by Gasteiger charge is -1.91. The second-order valence-corrected chi connectivity index (χ2v) is 1.52. The quantitative estimate of drug-likeness (QED) is 0.508. The van der Waals surface area contributed by atoms with Gasteiger partial charge in [0.25, 0.3) is 0 Å². The van der Waals surface area contributed by atoms with Gasteiger partial charge >= 0.3 is 0 Å². The molecule has 0 unspecified atom stereocenters. The Bertz CT molecular complexity index is 208. The Labute approximate surface area is 54.3 Å². The number of benzene rings is 1. The molecule has 1 aromatic carbocycles. The van der Waals surface area contributed by atoms with Gasteiger partial charge in [-0.3, -0.25) is 0 Å². The predicted molar refractivity (Wildman–Crippen MR) is 34.2 cm³/mol. The number of hydrogen-bond donors (Lipinski definition) is 0. The molecule has 0 fully saturated rings. The largest absolute Gasteiger partial charge is 0.407 e. The topological polar surface area (TPSA) is 9.23 Å². The van der Waals surface area contributed by atoms with Crippen molar-refractivity contribution in [2.45, 2.75) is 0 Å². The van der Waals surface area contributed by atoms with E-state index in [1.807, 2.05) is 24.3 Å². The molecule has 0 saturated carbocycles. The maximum absolute atomic E-state index is 6.47. The first-order valence-electron chi connectivity index (χ1n) is 2.57. The summed E-state index contributed by atoms with van der Waals surface area (Å²) in [4.78, 5) is 0. The molecule has 0 heterocycles. The van der Waals surface area contributed by atoms with E-state index in [1.165, 1.54) is 0 Å². The van der Waals surface area contributed by atoms with Crippen LogP contribution in [0.5, 0.6) is 5.75 Å². The fourth-order valence-electron chi connectivity index (χ4n) is 0.547. The molecule has 0 aliphatic carbocycles. The first kappa shape index (κ1) is 5.71. The monoisotopic (exact) mass is 117 g/mol. The first-order chi connectivity index (χ1) is 4.43. The first-order valence-corrected chi connectivity index (χ1v) is 2.57. The van der Waals surface area contributed by atoms with Crippen molar-refractivity contribution in [3.8, 4) is 11.9 Å². The second kappa shape index (κ2) is 2.78. The molecule has 0 N–H and O–H groups in total. The summed E-state index contributed by atoms with van der Waals surface area (Å²) in [5, 5.41) is 0.